The second-order valence-electron chi connectivity index (χ2n) is 5.08. The normalized spacial score (nSPS) is 34.9. The Morgan fingerprint density at radius 3 is 2.89 bits per heavy atom. The van der Waals surface area contributed by atoms with Gasteiger partial charge in [0.1, 0.15) is 6.10 Å². The maximum Gasteiger partial charge on any atom is 0.170 e. The topological polar surface area (TPSA) is 21.7 Å². The molecular formula is C15H22INO2. The molecule has 1 aromatic carbocycles. The molecule has 2 saturated heterocycles. The Hall–Kier alpha value is -0.170. The van der Waals surface area contributed by atoms with E-state index in [0.717, 1.165) is 18.4 Å². The zero-order valence-corrected chi connectivity index (χ0v) is 13.2. The molecule has 3 rings (SSSR count). The molecule has 2 aliphatic heterocycles. The molecule has 0 bridgehead atoms. The maximum absolute atomic E-state index is 7.53. The number of halogens is 1. The van der Waals surface area contributed by atoms with Crippen molar-refractivity contribution in [3.63, 3.8) is 0 Å². The Morgan fingerprint density at radius 2 is 2.11 bits per heavy atom. The minimum atomic E-state index is -2.02. The van der Waals surface area contributed by atoms with E-state index in [1.165, 1.54) is 0 Å². The summed E-state index contributed by atoms with van der Waals surface area (Å²) in [5.74, 6) is -0.611. The van der Waals surface area contributed by atoms with E-state index >= 15 is 0 Å². The quantitative estimate of drug-likeness (QED) is 0.701. The molecular weight excluding hydrogens is 353 g/mol. The number of hydrogen-bond donors (Lipinski definition) is 0. The van der Waals surface area contributed by atoms with Crippen LogP contribution in [0.2, 0.25) is 0 Å². The fraction of sp³-hybridized carbons (Fsp3) is 0.600. The monoisotopic (exact) mass is 378 g/mol. The molecule has 1 spiro atoms. The van der Waals surface area contributed by atoms with Crippen molar-refractivity contribution < 1.29 is 13.6 Å². The molecule has 2 unspecified atom stereocenters. The van der Waals surface area contributed by atoms with E-state index in [4.69, 9.17) is 13.6 Å². The smallest absolute Gasteiger partial charge is 0.170 e. The highest BCUT2D eigenvalue weighted by Crippen LogP contribution is 2.39. The molecule has 3 nitrogen and oxygen atoms in total. The van der Waals surface area contributed by atoms with E-state index in [1.807, 2.05) is 30.3 Å². The van der Waals surface area contributed by atoms with Gasteiger partial charge >= 0.3 is 0 Å². The van der Waals surface area contributed by atoms with Crippen LogP contribution < -0.4 is 0 Å². The third-order valence-corrected chi connectivity index (χ3v) is 3.77. The van der Waals surface area contributed by atoms with Gasteiger partial charge < -0.3 is 14.4 Å². The van der Waals surface area contributed by atoms with Crippen molar-refractivity contribution in [2.75, 3.05) is 26.7 Å². The van der Waals surface area contributed by atoms with Gasteiger partial charge in [-0.25, -0.2) is 0 Å². The van der Waals surface area contributed by atoms with Crippen LogP contribution >= 0.6 is 24.0 Å². The summed E-state index contributed by atoms with van der Waals surface area (Å²) in [5.41, 5.74) is 1.12. The fourth-order valence-electron chi connectivity index (χ4n) is 2.73. The number of nitrogens with zero attached hydrogens (tertiary/aromatic N) is 1. The van der Waals surface area contributed by atoms with Crippen molar-refractivity contribution in [1.82, 2.24) is 4.90 Å². The van der Waals surface area contributed by atoms with Crippen molar-refractivity contribution >= 4 is 24.0 Å². The number of rotatable bonds is 1. The molecule has 106 valence electrons. The van der Waals surface area contributed by atoms with Crippen LogP contribution in [0.25, 0.3) is 0 Å². The maximum atomic E-state index is 7.53. The lowest BCUT2D eigenvalue weighted by Crippen LogP contribution is -2.31. The first-order chi connectivity index (χ1) is 9.99. The summed E-state index contributed by atoms with van der Waals surface area (Å²) in [5, 5.41) is 0. The lowest BCUT2D eigenvalue weighted by molar-refractivity contribution is -0.175. The average molecular weight is 378 g/mol. The first kappa shape index (κ1) is 11.5. The summed E-state index contributed by atoms with van der Waals surface area (Å²) in [4.78, 5) is 1.55. The van der Waals surface area contributed by atoms with E-state index in [2.05, 4.69) is 0 Å². The Balaban J connectivity index is 0.00000176. The summed E-state index contributed by atoms with van der Waals surface area (Å²) < 4.78 is 34.7. The van der Waals surface area contributed by atoms with Crippen molar-refractivity contribution in [1.29, 1.82) is 0 Å². The summed E-state index contributed by atoms with van der Waals surface area (Å²) >= 11 is 0. The molecule has 4 heteroatoms. The van der Waals surface area contributed by atoms with Gasteiger partial charge in [-0.3, -0.25) is 0 Å². The molecule has 0 radical (unpaired) electrons. The third-order valence-electron chi connectivity index (χ3n) is 3.77. The molecule has 0 amide bonds. The molecule has 2 atom stereocenters. The molecule has 1 aromatic rings. The average Bonchev–Trinajstić information content (AvgIpc) is 2.74. The van der Waals surface area contributed by atoms with E-state index in [1.54, 1.807) is 4.90 Å². The predicted molar refractivity (Wildman–Crippen MR) is 85.7 cm³/mol. The Kier molecular flexibility index (Phi) is 3.94. The molecule has 19 heavy (non-hydrogen) atoms. The van der Waals surface area contributed by atoms with Gasteiger partial charge in [-0.15, -0.1) is 24.0 Å². The van der Waals surface area contributed by atoms with Crippen LogP contribution in [0.3, 0.4) is 0 Å². The van der Waals surface area contributed by atoms with Crippen LogP contribution in [-0.4, -0.2) is 37.4 Å². The van der Waals surface area contributed by atoms with Gasteiger partial charge in [0.2, 0.25) is 0 Å². The predicted octanol–water partition coefficient (Wildman–Crippen LogP) is 3.20. The van der Waals surface area contributed by atoms with Crippen LogP contribution in [-0.2, 0) is 9.47 Å². The SMILES string of the molecule is I.[2H]C([2H])([2H])N1CCCC2(CC1)OCC(c1ccccc1)O2. The second kappa shape index (κ2) is 6.52. The van der Waals surface area contributed by atoms with Gasteiger partial charge in [0.05, 0.1) is 6.61 Å². The van der Waals surface area contributed by atoms with Gasteiger partial charge in [0.15, 0.2) is 5.79 Å². The number of ether oxygens (including phenoxy) is 2. The van der Waals surface area contributed by atoms with Crippen LogP contribution in [0.4, 0.5) is 0 Å². The highest BCUT2D eigenvalue weighted by Gasteiger charge is 2.42. The largest absolute Gasteiger partial charge is 0.347 e. The van der Waals surface area contributed by atoms with Gasteiger partial charge in [-0.05, 0) is 25.5 Å². The Labute approximate surface area is 136 Å². The standard InChI is InChI=1S/C15H21NO2.HI/c1-16-10-5-8-15(9-11-16)17-12-14(18-15)13-6-3-2-4-7-13;/h2-4,6-7,14H,5,8-12H2,1H3;1H/i1D3;. The molecule has 0 saturated carbocycles. The highest BCUT2D eigenvalue weighted by atomic mass is 127. The number of benzene rings is 1. The number of hydrogen-bond acceptors (Lipinski definition) is 3. The van der Waals surface area contributed by atoms with Crippen molar-refractivity contribution in [3.05, 3.63) is 35.9 Å². The number of likely N-dealkylation sites (tertiary alicyclic amines) is 1. The Bertz CT molecular complexity index is 485. The first-order valence-corrected chi connectivity index (χ1v) is 6.60. The minimum absolute atomic E-state index is 0. The van der Waals surface area contributed by atoms with Crippen molar-refractivity contribution in [2.24, 2.45) is 0 Å². The lowest BCUT2D eigenvalue weighted by atomic mass is 10.1. The molecule has 2 heterocycles. The summed E-state index contributed by atoms with van der Waals surface area (Å²) in [6, 6.07) is 10.0. The van der Waals surface area contributed by atoms with Crippen LogP contribution in [0.1, 0.15) is 35.0 Å². The lowest BCUT2D eigenvalue weighted by Gasteiger charge is -2.26. The fourth-order valence-corrected chi connectivity index (χ4v) is 2.73. The van der Waals surface area contributed by atoms with E-state index in [-0.39, 0.29) is 30.1 Å². The van der Waals surface area contributed by atoms with Gasteiger partial charge in [-0.1, -0.05) is 30.3 Å². The second-order valence-corrected chi connectivity index (χ2v) is 5.08. The molecule has 0 N–H and O–H groups in total. The van der Waals surface area contributed by atoms with Crippen LogP contribution in [0.15, 0.2) is 30.3 Å². The van der Waals surface area contributed by atoms with Crippen molar-refractivity contribution in [2.45, 2.75) is 31.2 Å². The Morgan fingerprint density at radius 1 is 1.26 bits per heavy atom. The minimum Gasteiger partial charge on any atom is -0.347 e. The van der Waals surface area contributed by atoms with E-state index < -0.39 is 12.8 Å². The zero-order valence-electron chi connectivity index (χ0n) is 13.9. The van der Waals surface area contributed by atoms with Gasteiger partial charge in [0.25, 0.3) is 0 Å². The van der Waals surface area contributed by atoms with Gasteiger partial charge in [0, 0.05) is 23.5 Å². The van der Waals surface area contributed by atoms with Crippen molar-refractivity contribution in [3.8, 4) is 0 Å². The first-order valence-electron chi connectivity index (χ1n) is 8.10. The summed E-state index contributed by atoms with van der Waals surface area (Å²) in [6.45, 7) is -0.431. The van der Waals surface area contributed by atoms with E-state index in [9.17, 15) is 0 Å². The summed E-state index contributed by atoms with van der Waals surface area (Å²) in [6.07, 6.45) is 2.09. The van der Waals surface area contributed by atoms with Gasteiger partial charge in [-0.2, -0.15) is 0 Å². The third kappa shape index (κ3) is 3.48. The highest BCUT2D eigenvalue weighted by molar-refractivity contribution is 14.0. The van der Waals surface area contributed by atoms with E-state index in [0.29, 0.717) is 26.1 Å². The summed E-state index contributed by atoms with van der Waals surface area (Å²) in [7, 11) is 0. The zero-order chi connectivity index (χ0) is 14.9. The van der Waals surface area contributed by atoms with Crippen LogP contribution in [0, 0.1) is 0 Å². The van der Waals surface area contributed by atoms with Crippen LogP contribution in [0.5, 0.6) is 0 Å². The molecule has 2 fully saturated rings. The molecule has 0 aromatic heterocycles. The molecule has 2 aliphatic rings. The molecule has 0 aliphatic carbocycles.